The number of nitrogens with zero attached hydrogens (tertiary/aromatic N) is 4. The fraction of sp³-hybridized carbons (Fsp3) is 0.0192. The third-order valence-electron chi connectivity index (χ3n) is 12.7. The molecule has 5 heterocycles. The topological polar surface area (TPSA) is 38.7 Å². The average Bonchev–Trinajstić information content (AvgIpc) is 4.00. The van der Waals surface area contributed by atoms with Gasteiger partial charge in [-0.2, -0.15) is 0 Å². The standard InChI is InChI=1S/C52H31N5/c1-2-15-31-29-45-40(28-30(31)14-1)36-22-13-23-39-47-35-19-4-3-18-34(35)46-38-21-8-12-27-44(38)57(50(46)49(47)56(45)48(36)39)52-53-41-24-9-5-20-37(41)51(54-52)55-42-25-10-6-16-32(42)33-17-7-11-26-43(33)55/h1-29,52-53H. The Morgan fingerprint density at radius 1 is 0.404 bits per heavy atom. The highest BCUT2D eigenvalue weighted by atomic mass is 15.3. The van der Waals surface area contributed by atoms with E-state index in [1.54, 1.807) is 0 Å². The first-order valence-corrected chi connectivity index (χ1v) is 19.7. The number of hydrogen-bond acceptors (Lipinski definition) is 2. The van der Waals surface area contributed by atoms with Crippen molar-refractivity contribution < 1.29 is 0 Å². The van der Waals surface area contributed by atoms with E-state index in [-0.39, 0.29) is 0 Å². The minimum atomic E-state index is -0.454. The second kappa shape index (κ2) is 10.6. The van der Waals surface area contributed by atoms with E-state index in [1.165, 1.54) is 86.7 Å². The summed E-state index contributed by atoms with van der Waals surface area (Å²) in [5, 5.41) is 19.0. The van der Waals surface area contributed by atoms with E-state index in [0.29, 0.717) is 0 Å². The Labute approximate surface area is 325 Å². The predicted octanol–water partition coefficient (Wildman–Crippen LogP) is 13.2. The summed E-state index contributed by atoms with van der Waals surface area (Å²) in [6, 6.07) is 64.3. The molecule has 1 unspecified atom stereocenters. The number of rotatable bonds is 1. The smallest absolute Gasteiger partial charge is 0.203 e. The fourth-order valence-electron chi connectivity index (χ4n) is 10.5. The van der Waals surface area contributed by atoms with Gasteiger partial charge in [0.25, 0.3) is 0 Å². The van der Waals surface area contributed by atoms with Gasteiger partial charge in [0, 0.05) is 54.3 Å². The van der Waals surface area contributed by atoms with Crippen molar-refractivity contribution in [1.82, 2.24) is 13.5 Å². The molecule has 14 rings (SSSR count). The van der Waals surface area contributed by atoms with Gasteiger partial charge in [-0.1, -0.05) is 133 Å². The van der Waals surface area contributed by atoms with Crippen LogP contribution in [0.15, 0.2) is 181 Å². The zero-order chi connectivity index (χ0) is 36.9. The molecule has 5 nitrogen and oxygen atoms in total. The summed E-state index contributed by atoms with van der Waals surface area (Å²) in [5.41, 5.74) is 10.4. The molecule has 0 radical (unpaired) electrons. The molecule has 0 bridgehead atoms. The monoisotopic (exact) mass is 725 g/mol. The fourth-order valence-corrected chi connectivity index (χ4v) is 10.5. The van der Waals surface area contributed by atoms with E-state index < -0.39 is 6.29 Å². The van der Waals surface area contributed by atoms with E-state index in [2.05, 4.69) is 195 Å². The Morgan fingerprint density at radius 3 is 1.72 bits per heavy atom. The number of aromatic nitrogens is 3. The second-order valence-electron chi connectivity index (χ2n) is 15.5. The highest BCUT2D eigenvalue weighted by Crippen LogP contribution is 2.49. The molecule has 264 valence electrons. The van der Waals surface area contributed by atoms with Gasteiger partial charge < -0.3 is 9.72 Å². The predicted molar refractivity (Wildman–Crippen MR) is 240 cm³/mol. The van der Waals surface area contributed by atoms with Crippen molar-refractivity contribution in [2.45, 2.75) is 6.29 Å². The van der Waals surface area contributed by atoms with Crippen LogP contribution in [0.2, 0.25) is 0 Å². The van der Waals surface area contributed by atoms with Crippen LogP contribution in [-0.2, 0) is 0 Å². The minimum Gasteiger partial charge on any atom is -0.346 e. The Balaban J connectivity index is 1.20. The molecule has 0 saturated carbocycles. The summed E-state index contributed by atoms with van der Waals surface area (Å²) in [6.45, 7) is 0. The number of fused-ring (bicyclic) bond motifs is 18. The van der Waals surface area contributed by atoms with E-state index in [4.69, 9.17) is 4.99 Å². The minimum absolute atomic E-state index is 0.454. The van der Waals surface area contributed by atoms with Crippen LogP contribution in [0.1, 0.15) is 11.9 Å². The van der Waals surface area contributed by atoms with Crippen molar-refractivity contribution in [3.8, 4) is 0 Å². The third-order valence-corrected chi connectivity index (χ3v) is 12.7. The highest BCUT2D eigenvalue weighted by molar-refractivity contribution is 6.39. The van der Waals surface area contributed by atoms with Crippen LogP contribution in [0, 0.1) is 0 Å². The lowest BCUT2D eigenvalue weighted by molar-refractivity contribution is 0.622. The zero-order valence-electron chi connectivity index (χ0n) is 30.6. The van der Waals surface area contributed by atoms with Gasteiger partial charge in [0.1, 0.15) is 5.84 Å². The van der Waals surface area contributed by atoms with Crippen molar-refractivity contribution >= 4 is 115 Å². The van der Waals surface area contributed by atoms with Crippen LogP contribution >= 0.6 is 0 Å². The van der Waals surface area contributed by atoms with Gasteiger partial charge in [-0.05, 0) is 64.0 Å². The summed E-state index contributed by atoms with van der Waals surface area (Å²) < 4.78 is 7.43. The molecular weight excluding hydrogens is 695 g/mol. The van der Waals surface area contributed by atoms with E-state index >= 15 is 0 Å². The van der Waals surface area contributed by atoms with Crippen LogP contribution in [-0.4, -0.2) is 19.4 Å². The maximum atomic E-state index is 5.83. The van der Waals surface area contributed by atoms with Crippen molar-refractivity contribution in [3.05, 3.63) is 181 Å². The molecule has 0 amide bonds. The Kier molecular flexibility index (Phi) is 5.50. The van der Waals surface area contributed by atoms with E-state index in [0.717, 1.165) is 33.6 Å². The van der Waals surface area contributed by atoms with Gasteiger partial charge in [0.2, 0.25) is 6.29 Å². The molecule has 0 fully saturated rings. The highest BCUT2D eigenvalue weighted by Gasteiger charge is 2.31. The summed E-state index contributed by atoms with van der Waals surface area (Å²) in [4.78, 5) is 5.83. The van der Waals surface area contributed by atoms with Gasteiger partial charge in [-0.25, -0.2) is 4.99 Å². The molecule has 1 aliphatic rings. The van der Waals surface area contributed by atoms with E-state index in [9.17, 15) is 0 Å². The number of nitrogens with one attached hydrogen (secondary N) is 1. The number of anilines is 1. The lowest BCUT2D eigenvalue weighted by Crippen LogP contribution is -2.27. The van der Waals surface area contributed by atoms with Crippen molar-refractivity contribution in [3.63, 3.8) is 0 Å². The van der Waals surface area contributed by atoms with E-state index in [1.807, 2.05) is 0 Å². The maximum absolute atomic E-state index is 5.83. The first-order valence-electron chi connectivity index (χ1n) is 19.7. The third kappa shape index (κ3) is 3.67. The quantitative estimate of drug-likeness (QED) is 0.180. The lowest BCUT2D eigenvalue weighted by Gasteiger charge is -2.29. The molecule has 13 aromatic rings. The first kappa shape index (κ1) is 29.7. The maximum Gasteiger partial charge on any atom is 0.203 e. The van der Waals surface area contributed by atoms with Gasteiger partial charge in [0.15, 0.2) is 0 Å². The number of para-hydroxylation sites is 5. The van der Waals surface area contributed by atoms with Crippen LogP contribution in [0.25, 0.3) is 103 Å². The Morgan fingerprint density at radius 2 is 0.965 bits per heavy atom. The lowest BCUT2D eigenvalue weighted by atomic mass is 9.97. The zero-order valence-corrected chi connectivity index (χ0v) is 30.6. The summed E-state index contributed by atoms with van der Waals surface area (Å²) in [7, 11) is 0. The molecule has 5 heteroatoms. The molecule has 1 N–H and O–H groups in total. The normalized spacial score (nSPS) is 14.7. The molecule has 9 aromatic carbocycles. The van der Waals surface area contributed by atoms with Crippen LogP contribution in [0.3, 0.4) is 0 Å². The largest absolute Gasteiger partial charge is 0.346 e. The van der Waals surface area contributed by atoms with Gasteiger partial charge >= 0.3 is 0 Å². The van der Waals surface area contributed by atoms with Crippen LogP contribution < -0.4 is 5.32 Å². The first-order chi connectivity index (χ1) is 28.3. The molecule has 0 saturated heterocycles. The summed E-state index contributed by atoms with van der Waals surface area (Å²) >= 11 is 0. The number of aliphatic imine (C=N–C) groups is 1. The Hall–Kier alpha value is -7.63. The second-order valence-corrected chi connectivity index (χ2v) is 15.5. The van der Waals surface area contributed by atoms with Crippen molar-refractivity contribution in [1.29, 1.82) is 0 Å². The van der Waals surface area contributed by atoms with Gasteiger partial charge in [0.05, 0.1) is 38.6 Å². The van der Waals surface area contributed by atoms with Crippen LogP contribution in [0.4, 0.5) is 5.69 Å². The van der Waals surface area contributed by atoms with Crippen molar-refractivity contribution in [2.24, 2.45) is 4.99 Å². The molecule has 0 spiro atoms. The average molecular weight is 726 g/mol. The molecule has 0 aliphatic carbocycles. The van der Waals surface area contributed by atoms with Gasteiger partial charge in [-0.15, -0.1) is 0 Å². The Bertz CT molecular complexity index is 3860. The van der Waals surface area contributed by atoms with Crippen molar-refractivity contribution in [2.75, 3.05) is 5.32 Å². The summed E-state index contributed by atoms with van der Waals surface area (Å²) in [6.07, 6.45) is -0.454. The molecule has 4 aromatic heterocycles. The molecule has 1 aliphatic heterocycles. The number of hydrogen-bond donors (Lipinski definition) is 1. The van der Waals surface area contributed by atoms with Crippen LogP contribution in [0.5, 0.6) is 0 Å². The molecule has 1 atom stereocenters. The van der Waals surface area contributed by atoms with Gasteiger partial charge in [-0.3, -0.25) is 9.13 Å². The summed E-state index contributed by atoms with van der Waals surface area (Å²) in [5.74, 6) is 0.929. The molecule has 57 heavy (non-hydrogen) atoms. The number of benzene rings is 9. The molecular formula is C52H31N5. The SMILES string of the molecule is c1ccc2c(c1)NC(n1c3ccccc3c3c4ccccc4c4c5cccc6c7cc8ccccc8cc7n(c65)c4c31)N=C2n1c2ccccc2c2ccccc21.